The molecule has 0 radical (unpaired) electrons. The van der Waals surface area contributed by atoms with Gasteiger partial charge in [0.05, 0.1) is 11.5 Å². The Hall–Kier alpha value is -4.04. The molecule has 0 aromatic heterocycles. The average molecular weight is 531 g/mol. The van der Waals surface area contributed by atoms with Crippen molar-refractivity contribution in [1.29, 1.82) is 0 Å². The molecule has 0 atom stereocenters. The van der Waals surface area contributed by atoms with E-state index in [1.54, 1.807) is 24.3 Å². The van der Waals surface area contributed by atoms with Crippen LogP contribution in [-0.2, 0) is 16.2 Å². The van der Waals surface area contributed by atoms with E-state index >= 15 is 0 Å². The summed E-state index contributed by atoms with van der Waals surface area (Å²) in [6.07, 6.45) is 1.63. The van der Waals surface area contributed by atoms with E-state index in [1.807, 2.05) is 70.2 Å². The second-order valence-corrected chi connectivity index (χ2v) is 10.00. The Morgan fingerprint density at radius 2 is 1.66 bits per heavy atom. The standard InChI is InChI=1S/C30H30N2O5S/c1-5-36-25-15-23(11-12-24(25)37-18-22-9-7-6-8-10-22)16-26-29(34)32(30(35)38-26)17-27(33)31-28-20(3)13-19(2)14-21(28)4/h6-16H,5,17-18H2,1-4H3,(H,31,33)/b26-16+. The largest absolute Gasteiger partial charge is 0.490 e. The Labute approximate surface area is 226 Å². The lowest BCUT2D eigenvalue weighted by molar-refractivity contribution is -0.127. The zero-order chi connectivity index (χ0) is 27.2. The molecule has 0 unspecified atom stereocenters. The molecule has 0 saturated carbocycles. The van der Waals surface area contributed by atoms with E-state index in [2.05, 4.69) is 5.32 Å². The van der Waals surface area contributed by atoms with Crippen LogP contribution in [0.4, 0.5) is 10.5 Å². The van der Waals surface area contributed by atoms with Gasteiger partial charge in [-0.2, -0.15) is 0 Å². The van der Waals surface area contributed by atoms with Gasteiger partial charge in [-0.15, -0.1) is 0 Å². The van der Waals surface area contributed by atoms with Crippen molar-refractivity contribution in [3.8, 4) is 11.5 Å². The summed E-state index contributed by atoms with van der Waals surface area (Å²) >= 11 is 0.811. The van der Waals surface area contributed by atoms with Gasteiger partial charge in [0, 0.05) is 5.69 Å². The number of rotatable bonds is 9. The van der Waals surface area contributed by atoms with Crippen LogP contribution in [0, 0.1) is 20.8 Å². The number of anilines is 1. The zero-order valence-corrected chi connectivity index (χ0v) is 22.7. The third-order valence-electron chi connectivity index (χ3n) is 5.92. The predicted molar refractivity (Wildman–Crippen MR) is 150 cm³/mol. The van der Waals surface area contributed by atoms with Crippen LogP contribution in [0.5, 0.6) is 11.5 Å². The van der Waals surface area contributed by atoms with Crippen LogP contribution in [0.2, 0.25) is 0 Å². The van der Waals surface area contributed by atoms with E-state index in [4.69, 9.17) is 9.47 Å². The molecule has 1 heterocycles. The lowest BCUT2D eigenvalue weighted by atomic mass is 10.1. The highest BCUT2D eigenvalue weighted by Crippen LogP contribution is 2.35. The summed E-state index contributed by atoms with van der Waals surface area (Å²) < 4.78 is 11.7. The minimum absolute atomic E-state index is 0.242. The van der Waals surface area contributed by atoms with Gasteiger partial charge in [-0.1, -0.05) is 54.1 Å². The molecule has 1 aliphatic heterocycles. The molecule has 38 heavy (non-hydrogen) atoms. The Morgan fingerprint density at radius 3 is 2.34 bits per heavy atom. The van der Waals surface area contributed by atoms with Gasteiger partial charge in [-0.05, 0) is 79.9 Å². The van der Waals surface area contributed by atoms with Gasteiger partial charge < -0.3 is 14.8 Å². The molecule has 1 saturated heterocycles. The molecule has 196 valence electrons. The fraction of sp³-hybridized carbons (Fsp3) is 0.233. The molecule has 8 heteroatoms. The van der Waals surface area contributed by atoms with Crippen molar-refractivity contribution in [3.63, 3.8) is 0 Å². The lowest BCUT2D eigenvalue weighted by Gasteiger charge is -2.16. The van der Waals surface area contributed by atoms with E-state index < -0.39 is 17.1 Å². The maximum atomic E-state index is 13.0. The van der Waals surface area contributed by atoms with Crippen molar-refractivity contribution < 1.29 is 23.9 Å². The maximum Gasteiger partial charge on any atom is 0.294 e. The topological polar surface area (TPSA) is 84.9 Å². The van der Waals surface area contributed by atoms with Crippen LogP contribution in [0.3, 0.4) is 0 Å². The molecule has 1 N–H and O–H groups in total. The number of hydrogen-bond donors (Lipinski definition) is 1. The van der Waals surface area contributed by atoms with Crippen molar-refractivity contribution in [3.05, 3.63) is 93.4 Å². The van der Waals surface area contributed by atoms with Gasteiger partial charge in [0.2, 0.25) is 5.91 Å². The molecular weight excluding hydrogens is 500 g/mol. The second kappa shape index (κ2) is 12.0. The van der Waals surface area contributed by atoms with Crippen LogP contribution in [0.15, 0.2) is 65.6 Å². The van der Waals surface area contributed by atoms with Crippen LogP contribution < -0.4 is 14.8 Å². The Morgan fingerprint density at radius 1 is 0.947 bits per heavy atom. The smallest absolute Gasteiger partial charge is 0.294 e. The first-order valence-electron chi connectivity index (χ1n) is 12.3. The fourth-order valence-corrected chi connectivity index (χ4v) is 5.06. The molecule has 0 aliphatic carbocycles. The highest BCUT2D eigenvalue weighted by atomic mass is 32.2. The third-order valence-corrected chi connectivity index (χ3v) is 6.83. The maximum absolute atomic E-state index is 13.0. The summed E-state index contributed by atoms with van der Waals surface area (Å²) in [4.78, 5) is 39.5. The zero-order valence-electron chi connectivity index (χ0n) is 21.9. The van der Waals surface area contributed by atoms with E-state index in [9.17, 15) is 14.4 Å². The number of imide groups is 1. The molecule has 3 aromatic rings. The van der Waals surface area contributed by atoms with E-state index in [0.717, 1.165) is 38.9 Å². The third kappa shape index (κ3) is 6.44. The van der Waals surface area contributed by atoms with Gasteiger partial charge in [-0.25, -0.2) is 0 Å². The Balaban J connectivity index is 1.46. The van der Waals surface area contributed by atoms with E-state index in [0.29, 0.717) is 36.0 Å². The highest BCUT2D eigenvalue weighted by molar-refractivity contribution is 8.18. The van der Waals surface area contributed by atoms with Crippen LogP contribution >= 0.6 is 11.8 Å². The molecule has 7 nitrogen and oxygen atoms in total. The summed E-state index contributed by atoms with van der Waals surface area (Å²) in [5.41, 5.74) is 5.35. The van der Waals surface area contributed by atoms with Gasteiger partial charge in [0.15, 0.2) is 11.5 Å². The fourth-order valence-electron chi connectivity index (χ4n) is 4.22. The van der Waals surface area contributed by atoms with Crippen molar-refractivity contribution in [1.82, 2.24) is 4.90 Å². The number of thioether (sulfide) groups is 1. The van der Waals surface area contributed by atoms with Crippen molar-refractivity contribution >= 4 is 40.6 Å². The lowest BCUT2D eigenvalue weighted by Crippen LogP contribution is -2.36. The van der Waals surface area contributed by atoms with Crippen LogP contribution in [-0.4, -0.2) is 35.1 Å². The Bertz CT molecular complexity index is 1380. The number of nitrogens with zero attached hydrogens (tertiary/aromatic N) is 1. The molecule has 0 bridgehead atoms. The van der Waals surface area contributed by atoms with Gasteiger partial charge in [-0.3, -0.25) is 19.3 Å². The first-order chi connectivity index (χ1) is 18.2. The van der Waals surface area contributed by atoms with Crippen molar-refractivity contribution in [2.24, 2.45) is 0 Å². The highest BCUT2D eigenvalue weighted by Gasteiger charge is 2.36. The van der Waals surface area contributed by atoms with Crippen LogP contribution in [0.1, 0.15) is 34.7 Å². The number of aryl methyl sites for hydroxylation is 3. The Kier molecular flexibility index (Phi) is 8.53. The number of amides is 3. The quantitative estimate of drug-likeness (QED) is 0.329. The number of carbonyl (C=O) groups is 3. The van der Waals surface area contributed by atoms with Gasteiger partial charge in [0.1, 0.15) is 13.2 Å². The van der Waals surface area contributed by atoms with Crippen LogP contribution in [0.25, 0.3) is 6.08 Å². The number of carbonyl (C=O) groups excluding carboxylic acids is 3. The predicted octanol–water partition coefficient (Wildman–Crippen LogP) is 6.26. The SMILES string of the molecule is CCOc1cc(/C=C2/SC(=O)N(CC(=O)Nc3c(C)cc(C)cc3C)C2=O)ccc1OCc1ccccc1. The number of nitrogens with one attached hydrogen (secondary N) is 1. The van der Waals surface area contributed by atoms with Gasteiger partial charge in [0.25, 0.3) is 11.1 Å². The molecule has 1 aliphatic rings. The molecule has 3 aromatic carbocycles. The molecule has 0 spiro atoms. The average Bonchev–Trinajstić information content (AvgIpc) is 3.13. The summed E-state index contributed by atoms with van der Waals surface area (Å²) in [6, 6.07) is 19.1. The molecular formula is C30H30N2O5S. The monoisotopic (exact) mass is 530 g/mol. The number of benzene rings is 3. The summed E-state index contributed by atoms with van der Waals surface area (Å²) in [5.74, 6) is 0.191. The first kappa shape index (κ1) is 27.0. The minimum atomic E-state index is -0.505. The van der Waals surface area contributed by atoms with E-state index in [1.165, 1.54) is 0 Å². The van der Waals surface area contributed by atoms with Crippen molar-refractivity contribution in [2.75, 3.05) is 18.5 Å². The minimum Gasteiger partial charge on any atom is -0.490 e. The normalized spacial score (nSPS) is 14.2. The summed E-state index contributed by atoms with van der Waals surface area (Å²) in [6.45, 7) is 8.16. The number of ether oxygens (including phenoxy) is 2. The van der Waals surface area contributed by atoms with Gasteiger partial charge >= 0.3 is 0 Å². The summed E-state index contributed by atoms with van der Waals surface area (Å²) in [7, 11) is 0. The molecule has 1 fully saturated rings. The molecule has 4 rings (SSSR count). The molecule has 3 amide bonds. The van der Waals surface area contributed by atoms with E-state index in [-0.39, 0.29) is 11.4 Å². The number of hydrogen-bond acceptors (Lipinski definition) is 6. The first-order valence-corrected chi connectivity index (χ1v) is 13.1. The van der Waals surface area contributed by atoms with Crippen molar-refractivity contribution in [2.45, 2.75) is 34.3 Å². The summed E-state index contributed by atoms with van der Waals surface area (Å²) in [5, 5.41) is 2.36. The second-order valence-electron chi connectivity index (χ2n) is 9.00.